The molecule has 5 heteroatoms. The van der Waals surface area contributed by atoms with Gasteiger partial charge >= 0.3 is 5.97 Å². The summed E-state index contributed by atoms with van der Waals surface area (Å²) in [4.78, 5) is 15.1. The quantitative estimate of drug-likeness (QED) is 0.788. The first-order valence-electron chi connectivity index (χ1n) is 6.38. The van der Waals surface area contributed by atoms with Crippen molar-refractivity contribution < 1.29 is 14.6 Å². The fourth-order valence-electron chi connectivity index (χ4n) is 1.96. The molecular formula is C13H21NO3S. The molecular weight excluding hydrogens is 250 g/mol. The van der Waals surface area contributed by atoms with Gasteiger partial charge in [0.05, 0.1) is 12.1 Å². The molecule has 1 aromatic rings. The van der Waals surface area contributed by atoms with Gasteiger partial charge in [-0.25, -0.2) is 4.98 Å². The number of aryl methyl sites for hydroxylation is 1. The number of nitrogens with zero attached hydrogens (tertiary/aromatic N) is 1. The summed E-state index contributed by atoms with van der Waals surface area (Å²) < 4.78 is 5.88. The lowest BCUT2D eigenvalue weighted by Crippen LogP contribution is -2.28. The van der Waals surface area contributed by atoms with E-state index in [1.54, 1.807) is 11.3 Å². The van der Waals surface area contributed by atoms with Gasteiger partial charge in [0.25, 0.3) is 0 Å². The van der Waals surface area contributed by atoms with Crippen LogP contribution in [0.15, 0.2) is 5.38 Å². The molecule has 0 saturated carbocycles. The van der Waals surface area contributed by atoms with Crippen molar-refractivity contribution in [2.24, 2.45) is 0 Å². The highest BCUT2D eigenvalue weighted by Gasteiger charge is 2.32. The van der Waals surface area contributed by atoms with Crippen LogP contribution in [0.3, 0.4) is 0 Å². The number of aromatic nitrogens is 1. The van der Waals surface area contributed by atoms with Crippen LogP contribution in [-0.4, -0.2) is 22.7 Å². The molecule has 0 radical (unpaired) electrons. The normalized spacial score (nSPS) is 11.7. The fraction of sp³-hybridized carbons (Fsp3) is 0.692. The number of carbonyl (C=O) groups is 1. The summed E-state index contributed by atoms with van der Waals surface area (Å²) in [6, 6.07) is 0. The molecule has 0 amide bonds. The lowest BCUT2D eigenvalue weighted by molar-refractivity contribution is -0.136. The van der Waals surface area contributed by atoms with Gasteiger partial charge in [-0.2, -0.15) is 0 Å². The van der Waals surface area contributed by atoms with Gasteiger partial charge in [0.15, 0.2) is 0 Å². The second-order valence-electron chi connectivity index (χ2n) is 4.17. The molecule has 1 heterocycles. The lowest BCUT2D eigenvalue weighted by atomic mass is 9.98. The number of aliphatic carboxylic acids is 1. The fourth-order valence-corrected chi connectivity index (χ4v) is 3.11. The molecule has 0 spiro atoms. The second-order valence-corrected chi connectivity index (χ2v) is 5.03. The maximum absolute atomic E-state index is 10.5. The molecule has 0 fully saturated rings. The number of hydrogen-bond acceptors (Lipinski definition) is 4. The van der Waals surface area contributed by atoms with E-state index in [9.17, 15) is 4.79 Å². The molecule has 102 valence electrons. The van der Waals surface area contributed by atoms with Crippen molar-refractivity contribution in [1.29, 1.82) is 0 Å². The van der Waals surface area contributed by atoms with Crippen molar-refractivity contribution >= 4 is 17.3 Å². The highest BCUT2D eigenvalue weighted by molar-refractivity contribution is 7.09. The van der Waals surface area contributed by atoms with Crippen LogP contribution in [0.4, 0.5) is 0 Å². The van der Waals surface area contributed by atoms with Crippen LogP contribution in [0.5, 0.6) is 0 Å². The molecule has 0 aromatic carbocycles. The number of ether oxygens (including phenoxy) is 1. The molecule has 0 saturated heterocycles. The summed E-state index contributed by atoms with van der Waals surface area (Å²) in [5.74, 6) is -0.786. The molecule has 0 atom stereocenters. The Balaban J connectivity index is 2.83. The first kappa shape index (κ1) is 15.1. The van der Waals surface area contributed by atoms with E-state index in [0.29, 0.717) is 13.0 Å². The zero-order valence-electron chi connectivity index (χ0n) is 11.2. The summed E-state index contributed by atoms with van der Waals surface area (Å²) in [5.41, 5.74) is 0.546. The molecule has 0 aliphatic heterocycles. The molecule has 0 aliphatic carbocycles. The maximum atomic E-state index is 10.5. The molecule has 1 N–H and O–H groups in total. The van der Waals surface area contributed by atoms with Crippen molar-refractivity contribution in [1.82, 2.24) is 4.98 Å². The predicted octanol–water partition coefficient (Wildman–Crippen LogP) is 3.21. The number of rotatable bonds is 8. The van der Waals surface area contributed by atoms with Crippen LogP contribution in [0, 0.1) is 0 Å². The molecule has 1 aromatic heterocycles. The van der Waals surface area contributed by atoms with E-state index in [0.717, 1.165) is 23.5 Å². The van der Waals surface area contributed by atoms with Crippen molar-refractivity contribution in [3.8, 4) is 0 Å². The largest absolute Gasteiger partial charge is 0.481 e. The summed E-state index contributed by atoms with van der Waals surface area (Å²) in [5, 5.41) is 11.6. The Bertz CT molecular complexity index is 385. The van der Waals surface area contributed by atoms with Crippen molar-refractivity contribution in [3.63, 3.8) is 0 Å². The summed E-state index contributed by atoms with van der Waals surface area (Å²) >= 11 is 1.57. The van der Waals surface area contributed by atoms with E-state index in [4.69, 9.17) is 9.84 Å². The topological polar surface area (TPSA) is 59.4 Å². The van der Waals surface area contributed by atoms with Gasteiger partial charge in [0, 0.05) is 18.4 Å². The highest BCUT2D eigenvalue weighted by atomic mass is 32.1. The smallest absolute Gasteiger partial charge is 0.303 e. The Morgan fingerprint density at radius 3 is 2.61 bits per heavy atom. The summed E-state index contributed by atoms with van der Waals surface area (Å²) in [7, 11) is 0. The number of carboxylic acid groups (broad SMARTS) is 1. The van der Waals surface area contributed by atoms with E-state index in [-0.39, 0.29) is 12.0 Å². The van der Waals surface area contributed by atoms with Gasteiger partial charge in [-0.3, -0.25) is 4.79 Å². The van der Waals surface area contributed by atoms with Gasteiger partial charge in [-0.15, -0.1) is 11.3 Å². The SMILES string of the molecule is CCOC(CC)(CC)c1nc(CCC(=O)O)cs1. The average Bonchev–Trinajstić information content (AvgIpc) is 2.83. The van der Waals surface area contributed by atoms with Crippen molar-refractivity contribution in [2.45, 2.75) is 52.1 Å². The van der Waals surface area contributed by atoms with Crippen LogP contribution in [0.2, 0.25) is 0 Å². The van der Waals surface area contributed by atoms with Crippen molar-refractivity contribution in [3.05, 3.63) is 16.1 Å². The first-order valence-corrected chi connectivity index (χ1v) is 7.26. The van der Waals surface area contributed by atoms with E-state index in [1.165, 1.54) is 0 Å². The number of carboxylic acids is 1. The lowest BCUT2D eigenvalue weighted by Gasteiger charge is -2.29. The van der Waals surface area contributed by atoms with Crippen LogP contribution in [-0.2, 0) is 21.6 Å². The molecule has 1 rings (SSSR count). The molecule has 0 unspecified atom stereocenters. The Morgan fingerprint density at radius 1 is 1.44 bits per heavy atom. The standard InChI is InChI=1S/C13H21NO3S/c1-4-13(5-2,17-6-3)12-14-10(9-18-12)7-8-11(15)16/h9H,4-8H2,1-3H3,(H,15,16). The second kappa shape index (κ2) is 6.85. The van der Waals surface area contributed by atoms with E-state index in [2.05, 4.69) is 18.8 Å². The van der Waals surface area contributed by atoms with Crippen LogP contribution in [0.1, 0.15) is 50.7 Å². The van der Waals surface area contributed by atoms with Gasteiger partial charge in [0.1, 0.15) is 10.6 Å². The van der Waals surface area contributed by atoms with Gasteiger partial charge < -0.3 is 9.84 Å². The van der Waals surface area contributed by atoms with E-state index < -0.39 is 5.97 Å². The Labute approximate surface area is 112 Å². The maximum Gasteiger partial charge on any atom is 0.303 e. The minimum Gasteiger partial charge on any atom is -0.481 e. The molecule has 0 aliphatic rings. The third-order valence-electron chi connectivity index (χ3n) is 3.10. The minimum absolute atomic E-state index is 0.128. The zero-order chi connectivity index (χ0) is 13.6. The summed E-state index contributed by atoms with van der Waals surface area (Å²) in [6.45, 7) is 6.83. The van der Waals surface area contributed by atoms with Gasteiger partial charge in [-0.05, 0) is 19.8 Å². The molecule has 4 nitrogen and oxygen atoms in total. The molecule has 18 heavy (non-hydrogen) atoms. The minimum atomic E-state index is -0.786. The van der Waals surface area contributed by atoms with Crippen molar-refractivity contribution in [2.75, 3.05) is 6.61 Å². The third-order valence-corrected chi connectivity index (χ3v) is 4.18. The zero-order valence-corrected chi connectivity index (χ0v) is 12.0. The van der Waals surface area contributed by atoms with E-state index >= 15 is 0 Å². The first-order chi connectivity index (χ1) is 8.57. The van der Waals surface area contributed by atoms with E-state index in [1.807, 2.05) is 12.3 Å². The number of hydrogen-bond donors (Lipinski definition) is 1. The Hall–Kier alpha value is -0.940. The summed E-state index contributed by atoms with van der Waals surface area (Å²) in [6.07, 6.45) is 2.37. The average molecular weight is 271 g/mol. The van der Waals surface area contributed by atoms with Crippen LogP contribution >= 0.6 is 11.3 Å². The Morgan fingerprint density at radius 2 is 2.11 bits per heavy atom. The molecule has 0 bridgehead atoms. The monoisotopic (exact) mass is 271 g/mol. The number of thiazole rings is 1. The van der Waals surface area contributed by atoms with Crippen LogP contribution in [0.25, 0.3) is 0 Å². The van der Waals surface area contributed by atoms with Crippen LogP contribution < -0.4 is 0 Å². The third kappa shape index (κ3) is 3.53. The Kier molecular flexibility index (Phi) is 5.75. The van der Waals surface area contributed by atoms with Gasteiger partial charge in [-0.1, -0.05) is 13.8 Å². The predicted molar refractivity (Wildman–Crippen MR) is 72.0 cm³/mol. The highest BCUT2D eigenvalue weighted by Crippen LogP contribution is 2.35. The van der Waals surface area contributed by atoms with Gasteiger partial charge in [0.2, 0.25) is 0 Å².